The fraction of sp³-hybridized carbons (Fsp3) is 0.263. The number of anilines is 1. The van der Waals surface area contributed by atoms with E-state index >= 15 is 0 Å². The molecule has 1 N–H and O–H groups in total. The summed E-state index contributed by atoms with van der Waals surface area (Å²) in [6.07, 6.45) is 0. The maximum atomic E-state index is 11.9. The predicted molar refractivity (Wildman–Crippen MR) is 104 cm³/mol. The highest BCUT2D eigenvalue weighted by atomic mass is 35.5. The van der Waals surface area contributed by atoms with Crippen molar-refractivity contribution in [3.8, 4) is 11.3 Å². The molecule has 0 aliphatic carbocycles. The first-order valence-corrected chi connectivity index (χ1v) is 9.03. The summed E-state index contributed by atoms with van der Waals surface area (Å²) in [6.45, 7) is 2.80. The minimum absolute atomic E-state index is 0.141. The van der Waals surface area contributed by atoms with Crippen LogP contribution in [0.15, 0.2) is 36.4 Å². The number of aromatic nitrogens is 3. The van der Waals surface area contributed by atoms with Gasteiger partial charge in [-0.3, -0.25) is 4.79 Å². The van der Waals surface area contributed by atoms with Gasteiger partial charge in [0.2, 0.25) is 5.28 Å². The Kier molecular flexibility index (Phi) is 4.87. The third-order valence-electron chi connectivity index (χ3n) is 4.47. The quantitative estimate of drug-likeness (QED) is 0.700. The zero-order valence-electron chi connectivity index (χ0n) is 14.8. The first-order chi connectivity index (χ1) is 13.2. The van der Waals surface area contributed by atoms with Gasteiger partial charge < -0.3 is 15.0 Å². The maximum Gasteiger partial charge on any atom is 0.251 e. The number of ether oxygens (including phenoxy) is 1. The van der Waals surface area contributed by atoms with E-state index in [4.69, 9.17) is 16.3 Å². The monoisotopic (exact) mass is 383 g/mol. The molecule has 1 aliphatic heterocycles. The highest BCUT2D eigenvalue weighted by molar-refractivity contribution is 6.28. The van der Waals surface area contributed by atoms with Crippen molar-refractivity contribution in [1.82, 2.24) is 20.3 Å². The van der Waals surface area contributed by atoms with E-state index in [1.165, 1.54) is 0 Å². The fourth-order valence-electron chi connectivity index (χ4n) is 3.11. The van der Waals surface area contributed by atoms with Crippen LogP contribution >= 0.6 is 11.6 Å². The number of nitrogens with one attached hydrogen (secondary N) is 1. The predicted octanol–water partition coefficient (Wildman–Crippen LogP) is 2.54. The van der Waals surface area contributed by atoms with Gasteiger partial charge in [-0.05, 0) is 35.9 Å². The van der Waals surface area contributed by atoms with E-state index in [-0.39, 0.29) is 11.2 Å². The third kappa shape index (κ3) is 3.56. The number of carbonyl (C=O) groups is 1. The number of halogens is 1. The third-order valence-corrected chi connectivity index (χ3v) is 4.64. The molecule has 1 aliphatic rings. The summed E-state index contributed by atoms with van der Waals surface area (Å²) in [6, 6.07) is 11.2. The average molecular weight is 384 g/mol. The Morgan fingerprint density at radius 2 is 1.96 bits per heavy atom. The second kappa shape index (κ2) is 7.46. The van der Waals surface area contributed by atoms with Gasteiger partial charge >= 0.3 is 0 Å². The smallest absolute Gasteiger partial charge is 0.251 e. The molecule has 3 heterocycles. The minimum atomic E-state index is -0.141. The second-order valence-corrected chi connectivity index (χ2v) is 6.48. The average Bonchev–Trinajstić information content (AvgIpc) is 2.72. The lowest BCUT2D eigenvalue weighted by atomic mass is 10.1. The Morgan fingerprint density at radius 1 is 1.15 bits per heavy atom. The first kappa shape index (κ1) is 17.6. The highest BCUT2D eigenvalue weighted by Gasteiger charge is 2.18. The molecule has 7 nitrogen and oxygen atoms in total. The summed E-state index contributed by atoms with van der Waals surface area (Å²) in [7, 11) is 1.61. The van der Waals surface area contributed by atoms with E-state index in [0.717, 1.165) is 35.6 Å². The molecule has 0 bridgehead atoms. The van der Waals surface area contributed by atoms with Crippen molar-refractivity contribution in [2.24, 2.45) is 0 Å². The van der Waals surface area contributed by atoms with Crippen LogP contribution in [0.4, 0.5) is 5.82 Å². The molecule has 138 valence electrons. The van der Waals surface area contributed by atoms with Crippen molar-refractivity contribution in [2.75, 3.05) is 38.3 Å². The molecular weight excluding hydrogens is 366 g/mol. The molecule has 0 atom stereocenters. The summed E-state index contributed by atoms with van der Waals surface area (Å²) in [5.74, 6) is 0.629. The Balaban J connectivity index is 1.78. The van der Waals surface area contributed by atoms with Crippen molar-refractivity contribution < 1.29 is 9.53 Å². The van der Waals surface area contributed by atoms with Crippen LogP contribution in [-0.4, -0.2) is 54.2 Å². The molecule has 8 heteroatoms. The standard InChI is InChI=1S/C19H18ClN5O2/c1-21-18(26)13-4-2-3-12(11-13)15-6-5-14-16(22-15)23-19(20)24-17(14)25-7-9-27-10-8-25/h2-6,11H,7-10H2,1H3,(H,21,26). The molecule has 2 aromatic heterocycles. The zero-order valence-corrected chi connectivity index (χ0v) is 15.5. The Hall–Kier alpha value is -2.77. The van der Waals surface area contributed by atoms with Crippen LogP contribution in [0.3, 0.4) is 0 Å². The number of rotatable bonds is 3. The molecule has 4 rings (SSSR count). The number of pyridine rings is 1. The molecular formula is C19H18ClN5O2. The van der Waals surface area contributed by atoms with Gasteiger partial charge in [-0.15, -0.1) is 0 Å². The van der Waals surface area contributed by atoms with E-state index in [9.17, 15) is 4.79 Å². The van der Waals surface area contributed by atoms with E-state index < -0.39 is 0 Å². The number of nitrogens with zero attached hydrogens (tertiary/aromatic N) is 4. The van der Waals surface area contributed by atoms with Gasteiger partial charge in [0.05, 0.1) is 24.3 Å². The number of benzene rings is 1. The molecule has 0 spiro atoms. The molecule has 27 heavy (non-hydrogen) atoms. The Morgan fingerprint density at radius 3 is 2.74 bits per heavy atom. The first-order valence-electron chi connectivity index (χ1n) is 8.65. The number of fused-ring (bicyclic) bond motifs is 1. The number of morpholine rings is 1. The summed E-state index contributed by atoms with van der Waals surface area (Å²) >= 11 is 6.15. The largest absolute Gasteiger partial charge is 0.378 e. The topological polar surface area (TPSA) is 80.2 Å². The summed E-state index contributed by atoms with van der Waals surface area (Å²) in [5, 5.41) is 3.63. The van der Waals surface area contributed by atoms with E-state index in [2.05, 4.69) is 25.2 Å². The molecule has 0 unspecified atom stereocenters. The normalized spacial score (nSPS) is 14.4. The summed E-state index contributed by atoms with van der Waals surface area (Å²) < 4.78 is 5.41. The lowest BCUT2D eigenvalue weighted by Crippen LogP contribution is -2.37. The zero-order chi connectivity index (χ0) is 18.8. The van der Waals surface area contributed by atoms with Crippen LogP contribution in [0.1, 0.15) is 10.4 Å². The number of amides is 1. The van der Waals surface area contributed by atoms with E-state index in [1.54, 1.807) is 19.2 Å². The molecule has 1 amide bonds. The van der Waals surface area contributed by atoms with Crippen molar-refractivity contribution >= 4 is 34.4 Å². The highest BCUT2D eigenvalue weighted by Crippen LogP contribution is 2.28. The molecule has 3 aromatic rings. The van der Waals surface area contributed by atoms with Gasteiger partial charge in [0, 0.05) is 31.3 Å². The summed E-state index contributed by atoms with van der Waals surface area (Å²) in [4.78, 5) is 27.4. The Bertz CT molecular complexity index is 1000. The van der Waals surface area contributed by atoms with Gasteiger partial charge in [0.25, 0.3) is 5.91 Å². The van der Waals surface area contributed by atoms with Gasteiger partial charge in [0.1, 0.15) is 5.82 Å². The van der Waals surface area contributed by atoms with Gasteiger partial charge in [-0.25, -0.2) is 4.98 Å². The van der Waals surface area contributed by atoms with Crippen LogP contribution in [0, 0.1) is 0 Å². The number of carbonyl (C=O) groups excluding carboxylic acids is 1. The Labute approximate surface area is 161 Å². The molecule has 0 radical (unpaired) electrons. The van der Waals surface area contributed by atoms with Crippen LogP contribution in [0.5, 0.6) is 0 Å². The van der Waals surface area contributed by atoms with Crippen LogP contribution in [-0.2, 0) is 4.74 Å². The van der Waals surface area contributed by atoms with Crippen molar-refractivity contribution in [1.29, 1.82) is 0 Å². The van der Waals surface area contributed by atoms with Crippen molar-refractivity contribution in [2.45, 2.75) is 0 Å². The van der Waals surface area contributed by atoms with Crippen LogP contribution in [0.2, 0.25) is 5.28 Å². The maximum absolute atomic E-state index is 11.9. The number of hydrogen-bond acceptors (Lipinski definition) is 6. The molecule has 1 aromatic carbocycles. The van der Waals surface area contributed by atoms with Crippen LogP contribution in [0.25, 0.3) is 22.3 Å². The molecule has 0 saturated carbocycles. The van der Waals surface area contributed by atoms with Gasteiger partial charge in [-0.1, -0.05) is 12.1 Å². The van der Waals surface area contributed by atoms with Gasteiger partial charge in [-0.2, -0.15) is 9.97 Å². The second-order valence-electron chi connectivity index (χ2n) is 6.14. The minimum Gasteiger partial charge on any atom is -0.378 e. The van der Waals surface area contributed by atoms with E-state index in [0.29, 0.717) is 24.4 Å². The van der Waals surface area contributed by atoms with Crippen molar-refractivity contribution in [3.63, 3.8) is 0 Å². The molecule has 1 fully saturated rings. The fourth-order valence-corrected chi connectivity index (χ4v) is 3.27. The van der Waals surface area contributed by atoms with Gasteiger partial charge in [0.15, 0.2) is 5.65 Å². The van der Waals surface area contributed by atoms with Crippen molar-refractivity contribution in [3.05, 3.63) is 47.2 Å². The lowest BCUT2D eigenvalue weighted by molar-refractivity contribution is 0.0963. The lowest BCUT2D eigenvalue weighted by Gasteiger charge is -2.28. The summed E-state index contributed by atoms with van der Waals surface area (Å²) in [5.41, 5.74) is 2.66. The van der Waals surface area contributed by atoms with Crippen LogP contribution < -0.4 is 10.2 Å². The molecule has 1 saturated heterocycles. The SMILES string of the molecule is CNC(=O)c1cccc(-c2ccc3c(N4CCOCC4)nc(Cl)nc3n2)c1. The number of hydrogen-bond donors (Lipinski definition) is 1. The van der Waals surface area contributed by atoms with E-state index in [1.807, 2.05) is 24.3 Å².